The van der Waals surface area contributed by atoms with Gasteiger partial charge in [0.25, 0.3) is 0 Å². The highest BCUT2D eigenvalue weighted by atomic mass is 79.9. The van der Waals surface area contributed by atoms with E-state index in [1.165, 1.54) is 23.5 Å². The number of hydrogen-bond acceptors (Lipinski definition) is 6. The molecule has 4 nitrogen and oxygen atoms in total. The molecule has 0 unspecified atom stereocenters. The monoisotopic (exact) mass is 352 g/mol. The summed E-state index contributed by atoms with van der Waals surface area (Å²) in [6, 6.07) is 0. The number of fused-ring (bicyclic) bond motifs is 2. The first-order chi connectivity index (χ1) is 6.79. The molecule has 1 aliphatic carbocycles. The van der Waals surface area contributed by atoms with Crippen molar-refractivity contribution in [2.75, 3.05) is 0 Å². The molecule has 0 fully saturated rings. The molecule has 0 N–H and O–H groups in total. The Morgan fingerprint density at radius 2 is 1.00 bits per heavy atom. The molecule has 0 saturated carbocycles. The normalized spacial score (nSPS) is 24.4. The molecule has 0 spiro atoms. The van der Waals surface area contributed by atoms with E-state index in [1.54, 1.807) is 0 Å². The van der Waals surface area contributed by atoms with Crippen molar-refractivity contribution < 1.29 is 0 Å². The molecule has 14 heavy (non-hydrogen) atoms. The van der Waals surface area contributed by atoms with E-state index in [0.717, 1.165) is 22.8 Å². The summed E-state index contributed by atoms with van der Waals surface area (Å²) in [5, 5.41) is 0. The molecule has 0 bridgehead atoms. The third-order valence-electron chi connectivity index (χ3n) is 2.04. The van der Waals surface area contributed by atoms with Crippen LogP contribution in [-0.4, -0.2) is 17.5 Å². The van der Waals surface area contributed by atoms with Crippen LogP contribution in [0.4, 0.5) is 0 Å². The lowest BCUT2D eigenvalue weighted by atomic mass is 10.0. The summed E-state index contributed by atoms with van der Waals surface area (Å²) in [6.45, 7) is 0. The molecule has 1 aliphatic rings. The second kappa shape index (κ2) is 3.29. The number of alkyl halides is 2. The van der Waals surface area contributed by atoms with Gasteiger partial charge in [-0.2, -0.15) is 17.5 Å². The van der Waals surface area contributed by atoms with Crippen molar-refractivity contribution >= 4 is 55.3 Å². The maximum absolute atomic E-state index is 4.26. The molecule has 8 heteroatoms. The number of hydrogen-bond donors (Lipinski definition) is 0. The van der Waals surface area contributed by atoms with E-state index >= 15 is 0 Å². The van der Waals surface area contributed by atoms with E-state index in [4.69, 9.17) is 0 Å². The topological polar surface area (TPSA) is 51.6 Å². The van der Waals surface area contributed by atoms with E-state index in [2.05, 4.69) is 49.4 Å². The van der Waals surface area contributed by atoms with E-state index in [-0.39, 0.29) is 9.65 Å². The Morgan fingerprint density at radius 3 is 1.29 bits per heavy atom. The minimum Gasteiger partial charge on any atom is -0.176 e. The Kier molecular flexibility index (Phi) is 2.19. The van der Waals surface area contributed by atoms with Crippen molar-refractivity contribution in [1.82, 2.24) is 17.5 Å². The van der Waals surface area contributed by atoms with Crippen LogP contribution in [0.3, 0.4) is 0 Å². The Morgan fingerprint density at radius 1 is 0.714 bits per heavy atom. The van der Waals surface area contributed by atoms with E-state index < -0.39 is 0 Å². The van der Waals surface area contributed by atoms with Crippen LogP contribution in [0, 0.1) is 0 Å². The van der Waals surface area contributed by atoms with Crippen LogP contribution in [0.5, 0.6) is 0 Å². The lowest BCUT2D eigenvalue weighted by Crippen LogP contribution is -2.11. The van der Waals surface area contributed by atoms with Crippen molar-refractivity contribution in [1.29, 1.82) is 0 Å². The van der Waals surface area contributed by atoms with Crippen molar-refractivity contribution in [3.05, 3.63) is 22.8 Å². The third-order valence-corrected chi connectivity index (χ3v) is 4.89. The third kappa shape index (κ3) is 1.14. The number of nitrogens with zero attached hydrogens (tertiary/aromatic N) is 4. The molecular weight excluding hydrogens is 352 g/mol. The van der Waals surface area contributed by atoms with Crippen LogP contribution in [0.2, 0.25) is 0 Å². The summed E-state index contributed by atoms with van der Waals surface area (Å²) >= 11 is 9.57. The van der Waals surface area contributed by atoms with E-state index in [1.807, 2.05) is 0 Å². The van der Waals surface area contributed by atoms with Gasteiger partial charge >= 0.3 is 0 Å². The fourth-order valence-corrected chi connectivity index (χ4v) is 4.49. The largest absolute Gasteiger partial charge is 0.176 e. The predicted octanol–water partition coefficient (Wildman–Crippen LogP) is 2.67. The second-order valence-electron chi connectivity index (χ2n) is 2.79. The highest BCUT2D eigenvalue weighted by molar-refractivity contribution is 9.09. The maximum atomic E-state index is 4.26. The van der Waals surface area contributed by atoms with Crippen molar-refractivity contribution in [2.45, 2.75) is 9.65 Å². The van der Waals surface area contributed by atoms with Gasteiger partial charge in [0.2, 0.25) is 0 Å². The number of rotatable bonds is 0. The van der Waals surface area contributed by atoms with Crippen molar-refractivity contribution in [3.63, 3.8) is 0 Å². The summed E-state index contributed by atoms with van der Waals surface area (Å²) in [5.41, 5.74) is 3.82. The Hall–Kier alpha value is 0.0800. The maximum Gasteiger partial charge on any atom is 0.105 e. The van der Waals surface area contributed by atoms with E-state index in [0.29, 0.717) is 0 Å². The summed E-state index contributed by atoms with van der Waals surface area (Å²) < 4.78 is 17.0. The molecule has 0 radical (unpaired) electrons. The minimum absolute atomic E-state index is 0.0406. The average molecular weight is 354 g/mol. The van der Waals surface area contributed by atoms with Crippen molar-refractivity contribution in [2.24, 2.45) is 0 Å². The molecule has 0 amide bonds. The molecule has 0 saturated heterocycles. The SMILES string of the molecule is BrC1c2nsnc2C(Br)c2nsnc21. The molecule has 72 valence electrons. The van der Waals surface area contributed by atoms with Gasteiger partial charge in [0.05, 0.1) is 46.2 Å². The highest BCUT2D eigenvalue weighted by Gasteiger charge is 2.36. The van der Waals surface area contributed by atoms with Crippen molar-refractivity contribution in [3.8, 4) is 0 Å². The Bertz CT molecular complexity index is 400. The zero-order chi connectivity index (χ0) is 9.71. The Labute approximate surface area is 105 Å². The summed E-state index contributed by atoms with van der Waals surface area (Å²) in [4.78, 5) is 0.0811. The zero-order valence-electron chi connectivity index (χ0n) is 6.52. The first-order valence-corrected chi connectivity index (χ1v) is 7.01. The lowest BCUT2D eigenvalue weighted by Gasteiger charge is -2.17. The smallest absolute Gasteiger partial charge is 0.105 e. The van der Waals surface area contributed by atoms with Gasteiger partial charge in [-0.1, -0.05) is 31.9 Å². The number of halogens is 2. The fourth-order valence-electron chi connectivity index (χ4n) is 1.37. The molecular formula is C6H2Br2N4S2. The van der Waals surface area contributed by atoms with Gasteiger partial charge in [0.1, 0.15) is 9.65 Å². The average Bonchev–Trinajstić information content (AvgIpc) is 2.82. The van der Waals surface area contributed by atoms with Crippen LogP contribution in [0.15, 0.2) is 0 Å². The standard InChI is InChI=1S/C6H2Br2N4S2/c7-1-3-5(11-13-9-3)2(8)6-4(1)10-14-12-6/h1-2H. The van der Waals surface area contributed by atoms with Gasteiger partial charge in [-0.3, -0.25) is 0 Å². The van der Waals surface area contributed by atoms with Gasteiger partial charge in [-0.05, 0) is 0 Å². The predicted molar refractivity (Wildman–Crippen MR) is 61.4 cm³/mol. The van der Waals surface area contributed by atoms with Gasteiger partial charge in [0.15, 0.2) is 0 Å². The quantitative estimate of drug-likeness (QED) is 0.683. The lowest BCUT2D eigenvalue weighted by molar-refractivity contribution is 0.900. The zero-order valence-corrected chi connectivity index (χ0v) is 11.3. The molecule has 2 aromatic rings. The van der Waals surface area contributed by atoms with Crippen LogP contribution in [0.1, 0.15) is 32.4 Å². The van der Waals surface area contributed by atoms with Gasteiger partial charge < -0.3 is 0 Å². The second-order valence-corrected chi connectivity index (χ2v) is 5.68. The first kappa shape index (κ1) is 9.32. The molecule has 3 rings (SSSR count). The number of aromatic nitrogens is 4. The van der Waals surface area contributed by atoms with Gasteiger partial charge in [-0.25, -0.2) is 0 Å². The summed E-state index contributed by atoms with van der Waals surface area (Å²) in [6.07, 6.45) is 0. The van der Waals surface area contributed by atoms with Crippen LogP contribution < -0.4 is 0 Å². The highest BCUT2D eigenvalue weighted by Crippen LogP contribution is 2.46. The Balaban J connectivity index is 2.26. The molecule has 0 aromatic carbocycles. The van der Waals surface area contributed by atoms with Gasteiger partial charge in [-0.15, -0.1) is 0 Å². The molecule has 2 aromatic heterocycles. The summed E-state index contributed by atoms with van der Waals surface area (Å²) in [7, 11) is 0. The fraction of sp³-hybridized carbons (Fsp3) is 0.333. The van der Waals surface area contributed by atoms with Crippen LogP contribution in [-0.2, 0) is 0 Å². The van der Waals surface area contributed by atoms with E-state index in [9.17, 15) is 0 Å². The van der Waals surface area contributed by atoms with Gasteiger partial charge in [0, 0.05) is 0 Å². The molecule has 0 atom stereocenters. The minimum atomic E-state index is 0.0406. The molecule has 0 aliphatic heterocycles. The summed E-state index contributed by atoms with van der Waals surface area (Å²) in [5.74, 6) is 0. The first-order valence-electron chi connectivity index (χ1n) is 3.72. The molecule has 2 heterocycles. The van der Waals surface area contributed by atoms with Crippen LogP contribution >= 0.6 is 55.3 Å². The van der Waals surface area contributed by atoms with Crippen LogP contribution in [0.25, 0.3) is 0 Å².